The lowest BCUT2D eigenvalue weighted by molar-refractivity contribution is -0.257. The van der Waals surface area contributed by atoms with E-state index in [0.717, 1.165) is 12.1 Å². The van der Waals surface area contributed by atoms with E-state index in [9.17, 15) is 22.7 Å². The van der Waals surface area contributed by atoms with Gasteiger partial charge in [-0.25, -0.2) is 9.37 Å². The smallest absolute Gasteiger partial charge is 0.423 e. The molecule has 0 fully saturated rings. The third-order valence-corrected chi connectivity index (χ3v) is 4.46. The molecular formula is C15H11BrClF4NO2. The zero-order valence-corrected chi connectivity index (χ0v) is 14.5. The van der Waals surface area contributed by atoms with E-state index in [2.05, 4.69) is 20.9 Å². The highest BCUT2D eigenvalue weighted by Gasteiger charge is 2.55. The first kappa shape index (κ1) is 19.0. The number of benzene rings is 1. The average Bonchev–Trinajstić information content (AvgIpc) is 2.55. The van der Waals surface area contributed by atoms with Gasteiger partial charge in [0, 0.05) is 10.9 Å². The number of nitrogens with zero attached hydrogens (tertiary/aromatic N) is 1. The van der Waals surface area contributed by atoms with Crippen LogP contribution < -0.4 is 4.74 Å². The van der Waals surface area contributed by atoms with Gasteiger partial charge in [0.25, 0.3) is 0 Å². The molecule has 3 nitrogen and oxygen atoms in total. The minimum atomic E-state index is -4.95. The van der Waals surface area contributed by atoms with Crippen molar-refractivity contribution in [2.75, 3.05) is 12.4 Å². The van der Waals surface area contributed by atoms with Crippen LogP contribution in [0.2, 0.25) is 5.02 Å². The summed E-state index contributed by atoms with van der Waals surface area (Å²) in [6.45, 7) is 0. The molecule has 0 spiro atoms. The molecule has 2 aromatic rings. The average molecular weight is 429 g/mol. The zero-order chi connectivity index (χ0) is 18.1. The zero-order valence-electron chi connectivity index (χ0n) is 12.2. The van der Waals surface area contributed by atoms with E-state index in [0.29, 0.717) is 0 Å². The molecule has 1 atom stereocenters. The number of methoxy groups -OCH3 is 1. The molecular weight excluding hydrogens is 418 g/mol. The van der Waals surface area contributed by atoms with Crippen molar-refractivity contribution in [1.29, 1.82) is 0 Å². The number of aromatic nitrogens is 1. The molecule has 0 aliphatic heterocycles. The second-order valence-corrected chi connectivity index (χ2v) is 5.84. The topological polar surface area (TPSA) is 42.4 Å². The van der Waals surface area contributed by atoms with Crippen LogP contribution in [0.5, 0.6) is 5.75 Å². The molecule has 0 aliphatic rings. The van der Waals surface area contributed by atoms with Crippen molar-refractivity contribution in [3.63, 3.8) is 0 Å². The first-order valence-corrected chi connectivity index (χ1v) is 8.00. The van der Waals surface area contributed by atoms with Gasteiger partial charge in [-0.1, -0.05) is 27.5 Å². The lowest BCUT2D eigenvalue weighted by atomic mass is 9.99. The van der Waals surface area contributed by atoms with Gasteiger partial charge in [0.05, 0.1) is 17.8 Å². The SMILES string of the molecule is COc1ccc(C(O)(CBr)C(F)(F)F)nc1-c1ccc(F)c(Cl)c1. The van der Waals surface area contributed by atoms with Gasteiger partial charge in [0.15, 0.2) is 0 Å². The summed E-state index contributed by atoms with van der Waals surface area (Å²) < 4.78 is 58.0. The summed E-state index contributed by atoms with van der Waals surface area (Å²) in [5, 5.41) is 8.99. The highest BCUT2D eigenvalue weighted by molar-refractivity contribution is 9.09. The van der Waals surface area contributed by atoms with Crippen LogP contribution in [0.15, 0.2) is 30.3 Å². The molecule has 9 heteroatoms. The summed E-state index contributed by atoms with van der Waals surface area (Å²) in [5.74, 6) is -0.525. The summed E-state index contributed by atoms with van der Waals surface area (Å²) in [4.78, 5) is 3.89. The van der Waals surface area contributed by atoms with Crippen molar-refractivity contribution in [3.8, 4) is 17.0 Å². The van der Waals surface area contributed by atoms with Crippen molar-refractivity contribution in [3.05, 3.63) is 46.9 Å². The number of alkyl halides is 4. The van der Waals surface area contributed by atoms with E-state index < -0.39 is 28.6 Å². The van der Waals surface area contributed by atoms with E-state index in [1.54, 1.807) is 0 Å². The minimum absolute atomic E-state index is 0.000486. The molecule has 0 bridgehead atoms. The van der Waals surface area contributed by atoms with Crippen molar-refractivity contribution in [2.45, 2.75) is 11.8 Å². The Morgan fingerprint density at radius 3 is 2.42 bits per heavy atom. The molecule has 1 aromatic carbocycles. The van der Waals surface area contributed by atoms with Crippen molar-refractivity contribution in [1.82, 2.24) is 4.98 Å². The van der Waals surface area contributed by atoms with Gasteiger partial charge in [0.2, 0.25) is 5.60 Å². The summed E-state index contributed by atoms with van der Waals surface area (Å²) in [7, 11) is 1.31. The van der Waals surface area contributed by atoms with Crippen LogP contribution in [-0.2, 0) is 5.60 Å². The standard InChI is InChI=1S/C15H11BrClF4NO2/c1-24-11-4-5-12(14(23,7-16)15(19,20)21)22-13(11)8-2-3-10(18)9(17)6-8/h2-6,23H,7H2,1H3. The number of pyridine rings is 1. The summed E-state index contributed by atoms with van der Waals surface area (Å²) in [6, 6.07) is 5.84. The Hall–Kier alpha value is -1.38. The molecule has 1 N–H and O–H groups in total. The van der Waals surface area contributed by atoms with Gasteiger partial charge in [-0.2, -0.15) is 13.2 Å². The van der Waals surface area contributed by atoms with Gasteiger partial charge in [-0.15, -0.1) is 0 Å². The second-order valence-electron chi connectivity index (χ2n) is 4.87. The maximum atomic E-state index is 13.3. The van der Waals surface area contributed by atoms with E-state index in [1.807, 2.05) is 0 Å². The monoisotopic (exact) mass is 427 g/mol. The van der Waals surface area contributed by atoms with Gasteiger partial charge in [0.1, 0.15) is 17.3 Å². The van der Waals surface area contributed by atoms with Crippen molar-refractivity contribution < 1.29 is 27.4 Å². The van der Waals surface area contributed by atoms with E-state index in [-0.39, 0.29) is 22.0 Å². The van der Waals surface area contributed by atoms with Gasteiger partial charge >= 0.3 is 6.18 Å². The predicted octanol–water partition coefficient (Wildman–Crippen LogP) is 4.69. The molecule has 2 rings (SSSR count). The quantitative estimate of drug-likeness (QED) is 0.567. The highest BCUT2D eigenvalue weighted by atomic mass is 79.9. The number of rotatable bonds is 4. The Balaban J connectivity index is 2.66. The van der Waals surface area contributed by atoms with Gasteiger partial charge < -0.3 is 9.84 Å². The largest absolute Gasteiger partial charge is 0.494 e. The number of ether oxygens (including phenoxy) is 1. The van der Waals surface area contributed by atoms with Crippen molar-refractivity contribution >= 4 is 27.5 Å². The Kier molecular flexibility index (Phi) is 5.41. The van der Waals surface area contributed by atoms with Gasteiger partial charge in [-0.05, 0) is 30.3 Å². The third kappa shape index (κ3) is 3.36. The third-order valence-electron chi connectivity index (χ3n) is 3.36. The molecule has 0 aliphatic carbocycles. The molecule has 0 radical (unpaired) electrons. The number of aliphatic hydroxyl groups is 1. The van der Waals surface area contributed by atoms with Crippen LogP contribution in [0.1, 0.15) is 5.69 Å². The van der Waals surface area contributed by atoms with E-state index in [4.69, 9.17) is 16.3 Å². The molecule has 0 saturated carbocycles. The van der Waals surface area contributed by atoms with Crippen LogP contribution in [0.4, 0.5) is 17.6 Å². The fourth-order valence-corrected chi connectivity index (χ4v) is 2.77. The molecule has 0 amide bonds. The number of hydrogen-bond donors (Lipinski definition) is 1. The van der Waals surface area contributed by atoms with Crippen LogP contribution in [-0.4, -0.2) is 28.7 Å². The fourth-order valence-electron chi connectivity index (χ4n) is 1.98. The summed E-state index contributed by atoms with van der Waals surface area (Å²) in [6.07, 6.45) is -4.95. The fraction of sp³-hybridized carbons (Fsp3) is 0.267. The second kappa shape index (κ2) is 6.85. The Labute approximate surface area is 148 Å². The highest BCUT2D eigenvalue weighted by Crippen LogP contribution is 2.41. The Morgan fingerprint density at radius 1 is 1.25 bits per heavy atom. The van der Waals surface area contributed by atoms with Crippen LogP contribution in [0.25, 0.3) is 11.3 Å². The van der Waals surface area contributed by atoms with E-state index in [1.165, 1.54) is 25.3 Å². The molecule has 1 heterocycles. The molecule has 1 aromatic heterocycles. The molecule has 0 saturated heterocycles. The molecule has 24 heavy (non-hydrogen) atoms. The normalized spacial score (nSPS) is 14.3. The van der Waals surface area contributed by atoms with Crippen molar-refractivity contribution in [2.24, 2.45) is 0 Å². The lowest BCUT2D eigenvalue weighted by Gasteiger charge is -2.28. The number of hydrogen-bond acceptors (Lipinski definition) is 3. The summed E-state index contributed by atoms with van der Waals surface area (Å²) >= 11 is 8.38. The predicted molar refractivity (Wildman–Crippen MR) is 84.9 cm³/mol. The van der Waals surface area contributed by atoms with Crippen LogP contribution in [0.3, 0.4) is 0 Å². The Bertz CT molecular complexity index is 757. The molecule has 1 unspecified atom stereocenters. The first-order chi connectivity index (χ1) is 11.1. The molecule has 130 valence electrons. The Morgan fingerprint density at radius 2 is 1.92 bits per heavy atom. The maximum Gasteiger partial charge on any atom is 0.423 e. The lowest BCUT2D eigenvalue weighted by Crippen LogP contribution is -2.44. The first-order valence-electron chi connectivity index (χ1n) is 6.50. The van der Waals surface area contributed by atoms with E-state index >= 15 is 0 Å². The van der Waals surface area contributed by atoms with Crippen LogP contribution >= 0.6 is 27.5 Å². The summed E-state index contributed by atoms with van der Waals surface area (Å²) in [5.41, 5.74) is -3.56. The minimum Gasteiger partial charge on any atom is -0.494 e. The van der Waals surface area contributed by atoms with Crippen LogP contribution in [0, 0.1) is 5.82 Å². The number of halogens is 6. The van der Waals surface area contributed by atoms with Gasteiger partial charge in [-0.3, -0.25) is 0 Å². The maximum absolute atomic E-state index is 13.3.